The first-order chi connectivity index (χ1) is 9.83. The summed E-state index contributed by atoms with van der Waals surface area (Å²) < 4.78 is 1.72. The Kier molecular flexibility index (Phi) is 2.36. The molecule has 0 aromatic carbocycles. The van der Waals surface area contributed by atoms with E-state index in [0.29, 0.717) is 5.82 Å². The highest BCUT2D eigenvalue weighted by Gasteiger charge is 2.16. The van der Waals surface area contributed by atoms with Crippen molar-refractivity contribution in [3.63, 3.8) is 0 Å². The standard InChI is InChI=1S/C12H9N7S/c1-7-8(6-14-15-7)11-18-19-10(16-17-12(19)20-11)9-4-2-3-5-13-9/h2-6H,1H3,(H,14,15). The smallest absolute Gasteiger partial charge is 0.235 e. The number of nitrogens with zero attached hydrogens (tertiary/aromatic N) is 6. The Morgan fingerprint density at radius 1 is 1.25 bits per heavy atom. The average molecular weight is 283 g/mol. The molecule has 4 aromatic heterocycles. The van der Waals surface area contributed by atoms with Gasteiger partial charge >= 0.3 is 0 Å². The number of rotatable bonds is 2. The fourth-order valence-corrected chi connectivity index (χ4v) is 2.85. The third-order valence-corrected chi connectivity index (χ3v) is 3.88. The highest BCUT2D eigenvalue weighted by atomic mass is 32.1. The molecular formula is C12H9N7S. The summed E-state index contributed by atoms with van der Waals surface area (Å²) in [6.07, 6.45) is 3.49. The molecule has 0 saturated carbocycles. The molecule has 4 heterocycles. The molecule has 4 rings (SSSR count). The summed E-state index contributed by atoms with van der Waals surface area (Å²) >= 11 is 1.48. The van der Waals surface area contributed by atoms with Gasteiger partial charge in [-0.1, -0.05) is 17.4 Å². The molecule has 0 fully saturated rings. The van der Waals surface area contributed by atoms with Gasteiger partial charge in [0.05, 0.1) is 11.8 Å². The van der Waals surface area contributed by atoms with Crippen LogP contribution in [0.4, 0.5) is 0 Å². The van der Waals surface area contributed by atoms with Crippen LogP contribution in [-0.4, -0.2) is 35.0 Å². The maximum Gasteiger partial charge on any atom is 0.235 e. The molecule has 0 saturated heterocycles. The van der Waals surface area contributed by atoms with E-state index >= 15 is 0 Å². The van der Waals surface area contributed by atoms with E-state index in [0.717, 1.165) is 26.9 Å². The first-order valence-electron chi connectivity index (χ1n) is 5.97. The second-order valence-electron chi connectivity index (χ2n) is 4.25. The second-order valence-corrected chi connectivity index (χ2v) is 5.20. The van der Waals surface area contributed by atoms with Crippen LogP contribution in [0, 0.1) is 6.92 Å². The molecule has 0 aliphatic rings. The lowest BCUT2D eigenvalue weighted by molar-refractivity contribution is 0.961. The van der Waals surface area contributed by atoms with Gasteiger partial charge in [0.1, 0.15) is 5.69 Å². The van der Waals surface area contributed by atoms with E-state index in [1.165, 1.54) is 11.3 Å². The molecule has 0 atom stereocenters. The quantitative estimate of drug-likeness (QED) is 0.607. The molecular weight excluding hydrogens is 274 g/mol. The van der Waals surface area contributed by atoms with Gasteiger partial charge < -0.3 is 0 Å². The largest absolute Gasteiger partial charge is 0.282 e. The lowest BCUT2D eigenvalue weighted by Crippen LogP contribution is -1.92. The van der Waals surface area contributed by atoms with Crippen LogP contribution >= 0.6 is 11.3 Å². The summed E-state index contributed by atoms with van der Waals surface area (Å²) in [6.45, 7) is 1.96. The number of nitrogens with one attached hydrogen (secondary N) is 1. The Morgan fingerprint density at radius 3 is 2.95 bits per heavy atom. The summed E-state index contributed by atoms with van der Waals surface area (Å²) in [5.74, 6) is 0.643. The minimum Gasteiger partial charge on any atom is -0.282 e. The molecule has 0 bridgehead atoms. The summed E-state index contributed by atoms with van der Waals surface area (Å²) in [6, 6.07) is 5.67. The van der Waals surface area contributed by atoms with Crippen molar-refractivity contribution < 1.29 is 0 Å². The van der Waals surface area contributed by atoms with Gasteiger partial charge in [0, 0.05) is 11.9 Å². The van der Waals surface area contributed by atoms with Crippen molar-refractivity contribution in [2.45, 2.75) is 6.92 Å². The second kappa shape index (κ2) is 4.20. The molecule has 4 aromatic rings. The predicted molar refractivity (Wildman–Crippen MR) is 74.2 cm³/mol. The zero-order chi connectivity index (χ0) is 13.5. The summed E-state index contributed by atoms with van der Waals surface area (Å²) in [4.78, 5) is 5.02. The summed E-state index contributed by atoms with van der Waals surface area (Å²) in [7, 11) is 0. The maximum atomic E-state index is 4.56. The van der Waals surface area contributed by atoms with Crippen molar-refractivity contribution in [2.24, 2.45) is 0 Å². The van der Waals surface area contributed by atoms with E-state index < -0.39 is 0 Å². The van der Waals surface area contributed by atoms with E-state index in [9.17, 15) is 0 Å². The van der Waals surface area contributed by atoms with Crippen LogP contribution in [0.2, 0.25) is 0 Å². The third-order valence-electron chi connectivity index (χ3n) is 2.95. The van der Waals surface area contributed by atoms with Gasteiger partial charge in [-0.3, -0.25) is 10.1 Å². The first-order valence-corrected chi connectivity index (χ1v) is 6.78. The first kappa shape index (κ1) is 11.2. The molecule has 0 aliphatic heterocycles. The van der Waals surface area contributed by atoms with Crippen molar-refractivity contribution in [1.82, 2.24) is 35.0 Å². The van der Waals surface area contributed by atoms with Crippen molar-refractivity contribution >= 4 is 16.3 Å². The molecule has 0 aliphatic carbocycles. The van der Waals surface area contributed by atoms with Crippen molar-refractivity contribution in [1.29, 1.82) is 0 Å². The lowest BCUT2D eigenvalue weighted by atomic mass is 10.3. The highest BCUT2D eigenvalue weighted by molar-refractivity contribution is 7.19. The molecule has 8 heteroatoms. The van der Waals surface area contributed by atoms with E-state index in [1.807, 2.05) is 25.1 Å². The molecule has 0 unspecified atom stereocenters. The Balaban J connectivity index is 1.90. The van der Waals surface area contributed by atoms with Crippen LogP contribution in [-0.2, 0) is 0 Å². The molecule has 0 spiro atoms. The molecule has 0 radical (unpaired) electrons. The monoisotopic (exact) mass is 283 g/mol. The minimum absolute atomic E-state index is 0.643. The topological polar surface area (TPSA) is 84.7 Å². The van der Waals surface area contributed by atoms with Gasteiger partial charge in [0.2, 0.25) is 10.8 Å². The van der Waals surface area contributed by atoms with E-state index in [1.54, 1.807) is 16.9 Å². The Bertz CT molecular complexity index is 874. The molecule has 1 N–H and O–H groups in total. The third kappa shape index (κ3) is 1.62. The molecule has 98 valence electrons. The van der Waals surface area contributed by atoms with Crippen LogP contribution in [0.5, 0.6) is 0 Å². The molecule has 20 heavy (non-hydrogen) atoms. The fourth-order valence-electron chi connectivity index (χ4n) is 1.95. The normalized spacial score (nSPS) is 11.2. The highest BCUT2D eigenvalue weighted by Crippen LogP contribution is 2.28. The van der Waals surface area contributed by atoms with Crippen LogP contribution in [0.1, 0.15) is 5.69 Å². The fraction of sp³-hybridized carbons (Fsp3) is 0.0833. The van der Waals surface area contributed by atoms with E-state index in [-0.39, 0.29) is 0 Å². The Labute approximate surface area is 117 Å². The Hall–Kier alpha value is -2.61. The number of hydrogen-bond acceptors (Lipinski definition) is 6. The lowest BCUT2D eigenvalue weighted by Gasteiger charge is -1.94. The number of pyridine rings is 1. The number of fused-ring (bicyclic) bond motifs is 1. The predicted octanol–water partition coefficient (Wildman–Crippen LogP) is 1.95. The summed E-state index contributed by atoms with van der Waals surface area (Å²) in [5.41, 5.74) is 2.71. The van der Waals surface area contributed by atoms with Crippen molar-refractivity contribution in [3.8, 4) is 22.1 Å². The van der Waals surface area contributed by atoms with Crippen molar-refractivity contribution in [3.05, 3.63) is 36.3 Å². The van der Waals surface area contributed by atoms with Gasteiger partial charge in [-0.25, -0.2) is 0 Å². The van der Waals surface area contributed by atoms with Gasteiger partial charge in [0.15, 0.2) is 5.01 Å². The summed E-state index contributed by atoms with van der Waals surface area (Å²) in [5, 5.41) is 20.6. The van der Waals surface area contributed by atoms with Gasteiger partial charge in [-0.2, -0.15) is 14.7 Å². The molecule has 0 amide bonds. The van der Waals surface area contributed by atoms with Gasteiger partial charge in [-0.05, 0) is 19.1 Å². The van der Waals surface area contributed by atoms with Crippen molar-refractivity contribution in [2.75, 3.05) is 0 Å². The number of aromatic amines is 1. The molecule has 7 nitrogen and oxygen atoms in total. The number of H-pyrrole nitrogens is 1. The van der Waals surface area contributed by atoms with Gasteiger partial charge in [-0.15, -0.1) is 10.2 Å². The zero-order valence-electron chi connectivity index (χ0n) is 10.5. The number of aryl methyl sites for hydroxylation is 1. The Morgan fingerprint density at radius 2 is 2.20 bits per heavy atom. The van der Waals surface area contributed by atoms with Crippen LogP contribution in [0.3, 0.4) is 0 Å². The van der Waals surface area contributed by atoms with Crippen LogP contribution < -0.4 is 0 Å². The average Bonchev–Trinajstić information content (AvgIpc) is 3.13. The number of aromatic nitrogens is 7. The number of hydrogen-bond donors (Lipinski definition) is 1. The SMILES string of the molecule is Cc1[nH]ncc1-c1nn2c(-c3ccccn3)nnc2s1. The zero-order valence-corrected chi connectivity index (χ0v) is 11.3. The maximum absolute atomic E-state index is 4.56. The van der Waals surface area contributed by atoms with E-state index in [4.69, 9.17) is 0 Å². The minimum atomic E-state index is 0.643. The van der Waals surface area contributed by atoms with Crippen LogP contribution in [0.25, 0.3) is 27.1 Å². The van der Waals surface area contributed by atoms with E-state index in [2.05, 4.69) is 30.5 Å². The van der Waals surface area contributed by atoms with Crippen LogP contribution in [0.15, 0.2) is 30.6 Å². The van der Waals surface area contributed by atoms with Gasteiger partial charge in [0.25, 0.3) is 0 Å².